The van der Waals surface area contributed by atoms with Gasteiger partial charge in [0, 0.05) is 30.0 Å². The number of halogens is 2. The number of carbonyl (C=O) groups excluding carboxylic acids is 2. The summed E-state index contributed by atoms with van der Waals surface area (Å²) in [7, 11) is 0. The van der Waals surface area contributed by atoms with Gasteiger partial charge in [0.1, 0.15) is 11.8 Å². The van der Waals surface area contributed by atoms with Gasteiger partial charge >= 0.3 is 5.97 Å². The predicted molar refractivity (Wildman–Crippen MR) is 144 cm³/mol. The van der Waals surface area contributed by atoms with Crippen LogP contribution in [-0.4, -0.2) is 51.7 Å². The van der Waals surface area contributed by atoms with Crippen LogP contribution < -0.4 is 5.32 Å². The number of carboxylic acids is 1. The monoisotopic (exact) mass is 558 g/mol. The topological polar surface area (TPSA) is 107 Å². The molecule has 7 nitrogen and oxygen atoms in total. The number of nitrogens with zero attached hydrogens (tertiary/aromatic N) is 1. The fraction of sp³-hybridized carbons (Fsp3) is 0.222. The molecule has 37 heavy (non-hydrogen) atoms. The zero-order valence-electron chi connectivity index (χ0n) is 19.8. The van der Waals surface area contributed by atoms with E-state index < -0.39 is 17.9 Å². The first-order chi connectivity index (χ1) is 17.7. The summed E-state index contributed by atoms with van der Waals surface area (Å²) in [6, 6.07) is 14.0. The molecule has 10 heteroatoms. The minimum atomic E-state index is -1.18. The first-order valence-corrected chi connectivity index (χ1v) is 13.4. The van der Waals surface area contributed by atoms with Gasteiger partial charge in [-0.05, 0) is 65.8 Å². The number of amides is 2. The Balaban J connectivity index is 1.54. The SMILES string of the molecule is CSc1cccc(C[C@H](NC(=O)c2c(Cl)cc3c(c2Cl)CCN(C(=O)c2cccc(O)c2)C3)C(=O)O)c1. The van der Waals surface area contributed by atoms with Crippen molar-refractivity contribution in [3.05, 3.63) is 92.5 Å². The first kappa shape index (κ1) is 26.9. The molecular formula is C27H24Cl2N2O5S. The van der Waals surface area contributed by atoms with Crippen molar-refractivity contribution in [1.29, 1.82) is 0 Å². The summed E-state index contributed by atoms with van der Waals surface area (Å²) in [4.78, 5) is 40.6. The lowest BCUT2D eigenvalue weighted by Gasteiger charge is -2.30. The Hall–Kier alpha value is -3.20. The Bertz CT molecular complexity index is 1380. The Kier molecular flexibility index (Phi) is 8.32. The molecule has 3 aromatic rings. The molecular weight excluding hydrogens is 535 g/mol. The highest BCUT2D eigenvalue weighted by molar-refractivity contribution is 7.98. The molecule has 1 aliphatic heterocycles. The minimum absolute atomic E-state index is 0.00150. The largest absolute Gasteiger partial charge is 0.508 e. The van der Waals surface area contributed by atoms with E-state index in [9.17, 15) is 24.6 Å². The van der Waals surface area contributed by atoms with Crippen molar-refractivity contribution < 1.29 is 24.6 Å². The van der Waals surface area contributed by atoms with Crippen LogP contribution in [0.5, 0.6) is 5.75 Å². The number of phenolic OH excluding ortho intramolecular Hbond substituents is 1. The van der Waals surface area contributed by atoms with E-state index in [1.807, 2.05) is 30.5 Å². The van der Waals surface area contributed by atoms with Gasteiger partial charge in [0.05, 0.1) is 15.6 Å². The van der Waals surface area contributed by atoms with E-state index in [4.69, 9.17) is 23.2 Å². The molecule has 0 fully saturated rings. The van der Waals surface area contributed by atoms with Crippen LogP contribution in [0.3, 0.4) is 0 Å². The second-order valence-corrected chi connectivity index (χ2v) is 10.3. The molecule has 0 spiro atoms. The van der Waals surface area contributed by atoms with Crippen molar-refractivity contribution >= 4 is 52.7 Å². The Morgan fingerprint density at radius 2 is 1.86 bits per heavy atom. The molecule has 0 unspecified atom stereocenters. The zero-order chi connectivity index (χ0) is 26.7. The molecule has 3 aromatic carbocycles. The van der Waals surface area contributed by atoms with E-state index >= 15 is 0 Å². The standard InChI is InChI=1S/C27H24Cl2N2O5S/c1-37-19-7-2-4-15(10-19)11-22(27(35)36)30-25(33)23-21(28)13-17-14-31(9-8-20(17)24(23)29)26(34)16-5-3-6-18(32)12-16/h2-7,10,12-13,22,32H,8-9,11,14H2,1H3,(H,30,33)(H,35,36)/t22-/m0/s1. The number of phenols is 1. The van der Waals surface area contributed by atoms with Crippen LogP contribution in [-0.2, 0) is 24.2 Å². The van der Waals surface area contributed by atoms with Gasteiger partial charge in [0.15, 0.2) is 0 Å². The summed E-state index contributed by atoms with van der Waals surface area (Å²) in [5.74, 6) is -2.09. The van der Waals surface area contributed by atoms with Gasteiger partial charge in [-0.2, -0.15) is 0 Å². The summed E-state index contributed by atoms with van der Waals surface area (Å²) in [6.45, 7) is 0.585. The molecule has 3 N–H and O–H groups in total. The molecule has 0 bridgehead atoms. The van der Waals surface area contributed by atoms with Crippen LogP contribution in [0, 0.1) is 0 Å². The van der Waals surface area contributed by atoms with Gasteiger partial charge in [0.25, 0.3) is 11.8 Å². The lowest BCUT2D eigenvalue weighted by atomic mass is 9.95. The predicted octanol–water partition coefficient (Wildman–Crippen LogP) is 5.05. The summed E-state index contributed by atoms with van der Waals surface area (Å²) >= 11 is 14.6. The lowest BCUT2D eigenvalue weighted by Crippen LogP contribution is -2.42. The highest BCUT2D eigenvalue weighted by Gasteiger charge is 2.29. The van der Waals surface area contributed by atoms with Crippen LogP contribution in [0.15, 0.2) is 59.5 Å². The van der Waals surface area contributed by atoms with Crippen molar-refractivity contribution in [1.82, 2.24) is 10.2 Å². The van der Waals surface area contributed by atoms with Crippen molar-refractivity contribution in [3.63, 3.8) is 0 Å². The summed E-state index contributed by atoms with van der Waals surface area (Å²) < 4.78 is 0. The Morgan fingerprint density at radius 3 is 2.57 bits per heavy atom. The highest BCUT2D eigenvalue weighted by Crippen LogP contribution is 2.35. The Labute approximate surface area is 228 Å². The third kappa shape index (κ3) is 6.04. The number of carboxylic acid groups (broad SMARTS) is 1. The average molecular weight is 559 g/mol. The fourth-order valence-corrected chi connectivity index (χ4v) is 5.57. The summed E-state index contributed by atoms with van der Waals surface area (Å²) in [5, 5.41) is 22.2. The molecule has 192 valence electrons. The van der Waals surface area contributed by atoms with Gasteiger partial charge in [-0.3, -0.25) is 9.59 Å². The molecule has 0 radical (unpaired) electrons. The first-order valence-electron chi connectivity index (χ1n) is 11.4. The van der Waals surface area contributed by atoms with E-state index in [-0.39, 0.29) is 40.2 Å². The molecule has 1 atom stereocenters. The number of benzene rings is 3. The van der Waals surface area contributed by atoms with E-state index in [1.54, 1.807) is 34.9 Å². The second-order valence-electron chi connectivity index (χ2n) is 8.63. The maximum absolute atomic E-state index is 13.2. The van der Waals surface area contributed by atoms with Crippen molar-refractivity contribution in [2.45, 2.75) is 30.3 Å². The lowest BCUT2D eigenvalue weighted by molar-refractivity contribution is -0.139. The molecule has 0 saturated carbocycles. The number of nitrogens with one attached hydrogen (secondary N) is 1. The number of carbonyl (C=O) groups is 3. The van der Waals surface area contributed by atoms with E-state index in [2.05, 4.69) is 5.32 Å². The van der Waals surface area contributed by atoms with Gasteiger partial charge in [-0.15, -0.1) is 11.8 Å². The smallest absolute Gasteiger partial charge is 0.326 e. The van der Waals surface area contributed by atoms with E-state index in [1.165, 1.54) is 12.1 Å². The van der Waals surface area contributed by atoms with Gasteiger partial charge in [-0.1, -0.05) is 41.4 Å². The summed E-state index contributed by atoms with van der Waals surface area (Å²) in [6.07, 6.45) is 2.42. The number of fused-ring (bicyclic) bond motifs is 1. The van der Waals surface area contributed by atoms with Crippen molar-refractivity contribution in [2.24, 2.45) is 0 Å². The molecule has 0 saturated heterocycles. The second kappa shape index (κ2) is 11.5. The minimum Gasteiger partial charge on any atom is -0.508 e. The van der Waals surface area contributed by atoms with E-state index in [0.29, 0.717) is 29.7 Å². The molecule has 0 aliphatic carbocycles. The number of thioether (sulfide) groups is 1. The van der Waals surface area contributed by atoms with Crippen LogP contribution in [0.25, 0.3) is 0 Å². The number of rotatable bonds is 7. The van der Waals surface area contributed by atoms with Crippen molar-refractivity contribution in [2.75, 3.05) is 12.8 Å². The average Bonchev–Trinajstić information content (AvgIpc) is 2.87. The van der Waals surface area contributed by atoms with Gasteiger partial charge in [-0.25, -0.2) is 4.79 Å². The van der Waals surface area contributed by atoms with Crippen LogP contribution in [0.2, 0.25) is 10.0 Å². The molecule has 1 aliphatic rings. The maximum Gasteiger partial charge on any atom is 0.326 e. The summed E-state index contributed by atoms with van der Waals surface area (Å²) in [5.41, 5.74) is 2.54. The van der Waals surface area contributed by atoms with Gasteiger partial charge < -0.3 is 20.4 Å². The molecule has 0 aromatic heterocycles. The van der Waals surface area contributed by atoms with Crippen LogP contribution in [0.4, 0.5) is 0 Å². The zero-order valence-corrected chi connectivity index (χ0v) is 22.2. The number of aliphatic carboxylic acids is 1. The maximum atomic E-state index is 13.2. The molecule has 4 rings (SSSR count). The van der Waals surface area contributed by atoms with E-state index in [0.717, 1.165) is 10.5 Å². The van der Waals surface area contributed by atoms with Gasteiger partial charge in [0.2, 0.25) is 0 Å². The third-order valence-electron chi connectivity index (χ3n) is 6.19. The third-order valence-corrected chi connectivity index (χ3v) is 7.63. The van der Waals surface area contributed by atoms with Crippen molar-refractivity contribution in [3.8, 4) is 5.75 Å². The Morgan fingerprint density at radius 1 is 1.11 bits per heavy atom. The quantitative estimate of drug-likeness (QED) is 0.350. The number of hydrogen-bond donors (Lipinski definition) is 3. The number of aromatic hydroxyl groups is 1. The normalized spacial score (nSPS) is 13.5. The van der Waals surface area contributed by atoms with Crippen LogP contribution >= 0.6 is 35.0 Å². The highest BCUT2D eigenvalue weighted by atomic mass is 35.5. The molecule has 2 amide bonds. The van der Waals surface area contributed by atoms with Crippen LogP contribution in [0.1, 0.15) is 37.4 Å². The number of hydrogen-bond acceptors (Lipinski definition) is 5. The fourth-order valence-electron chi connectivity index (χ4n) is 4.32. The molecule has 1 heterocycles.